The van der Waals surface area contributed by atoms with Crippen LogP contribution in [0.4, 0.5) is 5.69 Å². The van der Waals surface area contributed by atoms with Gasteiger partial charge in [-0.25, -0.2) is 0 Å². The van der Waals surface area contributed by atoms with E-state index in [0.29, 0.717) is 0 Å². The summed E-state index contributed by atoms with van der Waals surface area (Å²) in [5.41, 5.74) is 1.42. The average molecular weight is 163 g/mol. The van der Waals surface area contributed by atoms with E-state index >= 15 is 0 Å². The highest BCUT2D eigenvalue weighted by atomic mass is 16.3. The smallest absolute Gasteiger partial charge is 0.0905 e. The molecule has 1 aromatic rings. The van der Waals surface area contributed by atoms with E-state index in [0.717, 1.165) is 24.2 Å². The number of fused-ring (bicyclic) bond motifs is 1. The molecule has 0 spiro atoms. The van der Waals surface area contributed by atoms with Crippen molar-refractivity contribution in [3.8, 4) is 0 Å². The lowest BCUT2D eigenvalue weighted by Gasteiger charge is -2.31. The minimum atomic E-state index is -0.651. The number of para-hydroxylation sites is 1. The fourth-order valence-corrected chi connectivity index (χ4v) is 1.68. The molecule has 1 unspecified atom stereocenters. The summed E-state index contributed by atoms with van der Waals surface area (Å²) in [6, 6.07) is 7.91. The van der Waals surface area contributed by atoms with Crippen molar-refractivity contribution >= 4 is 5.69 Å². The van der Waals surface area contributed by atoms with Crippen LogP contribution in [0.5, 0.6) is 0 Å². The van der Waals surface area contributed by atoms with Gasteiger partial charge in [-0.05, 0) is 19.4 Å². The van der Waals surface area contributed by atoms with Crippen LogP contribution in [0.1, 0.15) is 18.9 Å². The van der Waals surface area contributed by atoms with Crippen LogP contribution in [-0.4, -0.2) is 11.7 Å². The summed E-state index contributed by atoms with van der Waals surface area (Å²) in [7, 11) is 0. The average Bonchev–Trinajstić information content (AvgIpc) is 2.04. The van der Waals surface area contributed by atoms with Gasteiger partial charge in [-0.3, -0.25) is 0 Å². The Labute approximate surface area is 72.2 Å². The lowest BCUT2D eigenvalue weighted by atomic mass is 9.88. The van der Waals surface area contributed by atoms with Gasteiger partial charge in [0.1, 0.15) is 0 Å². The second-order valence-corrected chi connectivity index (χ2v) is 3.50. The number of anilines is 1. The molecule has 2 heteroatoms. The van der Waals surface area contributed by atoms with E-state index in [2.05, 4.69) is 5.32 Å². The molecular formula is C10H13NO. The normalized spacial score (nSPS) is 27.5. The van der Waals surface area contributed by atoms with Crippen molar-refractivity contribution in [3.63, 3.8) is 0 Å². The third kappa shape index (κ3) is 1.08. The fourth-order valence-electron chi connectivity index (χ4n) is 1.68. The summed E-state index contributed by atoms with van der Waals surface area (Å²) >= 11 is 0. The predicted molar refractivity (Wildman–Crippen MR) is 49.1 cm³/mol. The second-order valence-electron chi connectivity index (χ2n) is 3.50. The molecule has 12 heavy (non-hydrogen) atoms. The minimum Gasteiger partial charge on any atom is -0.385 e. The molecule has 0 fully saturated rings. The first kappa shape index (κ1) is 7.62. The molecule has 1 aliphatic heterocycles. The zero-order valence-corrected chi connectivity index (χ0v) is 7.17. The lowest BCUT2D eigenvalue weighted by Crippen LogP contribution is -2.30. The molecule has 0 radical (unpaired) electrons. The molecular weight excluding hydrogens is 150 g/mol. The zero-order chi connectivity index (χ0) is 8.60. The van der Waals surface area contributed by atoms with Gasteiger partial charge >= 0.3 is 0 Å². The van der Waals surface area contributed by atoms with Crippen molar-refractivity contribution in [2.75, 3.05) is 11.9 Å². The summed E-state index contributed by atoms with van der Waals surface area (Å²) in [4.78, 5) is 0. The minimum absolute atomic E-state index is 0.651. The van der Waals surface area contributed by atoms with Crippen molar-refractivity contribution in [1.29, 1.82) is 0 Å². The summed E-state index contributed by atoms with van der Waals surface area (Å²) in [6.45, 7) is 2.72. The molecule has 0 aliphatic carbocycles. The van der Waals surface area contributed by atoms with E-state index in [9.17, 15) is 5.11 Å². The number of rotatable bonds is 0. The van der Waals surface area contributed by atoms with E-state index < -0.39 is 5.60 Å². The first-order valence-corrected chi connectivity index (χ1v) is 4.26. The molecule has 0 saturated heterocycles. The van der Waals surface area contributed by atoms with Crippen molar-refractivity contribution in [2.45, 2.75) is 18.9 Å². The Kier molecular flexibility index (Phi) is 1.58. The van der Waals surface area contributed by atoms with Crippen LogP contribution < -0.4 is 5.32 Å². The Morgan fingerprint density at radius 1 is 1.42 bits per heavy atom. The van der Waals surface area contributed by atoms with Gasteiger partial charge in [0, 0.05) is 17.8 Å². The largest absolute Gasteiger partial charge is 0.385 e. The van der Waals surface area contributed by atoms with Crippen LogP contribution >= 0.6 is 0 Å². The van der Waals surface area contributed by atoms with Gasteiger partial charge in [-0.1, -0.05) is 18.2 Å². The van der Waals surface area contributed by atoms with Crippen molar-refractivity contribution < 1.29 is 5.11 Å². The first-order chi connectivity index (χ1) is 5.70. The van der Waals surface area contributed by atoms with Crippen molar-refractivity contribution in [3.05, 3.63) is 29.8 Å². The SMILES string of the molecule is CC1(O)CCNc2ccccc21. The monoisotopic (exact) mass is 163 g/mol. The van der Waals surface area contributed by atoms with Crippen LogP contribution in [0, 0.1) is 0 Å². The summed E-state index contributed by atoms with van der Waals surface area (Å²) < 4.78 is 0. The summed E-state index contributed by atoms with van der Waals surface area (Å²) in [5, 5.41) is 13.2. The quantitative estimate of drug-likeness (QED) is 0.610. The maximum absolute atomic E-state index is 9.99. The molecule has 1 aliphatic rings. The molecule has 1 aromatic carbocycles. The second kappa shape index (κ2) is 2.49. The predicted octanol–water partition coefficient (Wildman–Crippen LogP) is 1.71. The Bertz CT molecular complexity index is 294. The molecule has 0 saturated carbocycles. The number of hydrogen-bond donors (Lipinski definition) is 2. The maximum atomic E-state index is 9.99. The van der Waals surface area contributed by atoms with E-state index in [-0.39, 0.29) is 0 Å². The number of hydrogen-bond acceptors (Lipinski definition) is 2. The maximum Gasteiger partial charge on any atom is 0.0905 e. The van der Waals surface area contributed by atoms with Gasteiger partial charge in [0.05, 0.1) is 5.60 Å². The zero-order valence-electron chi connectivity index (χ0n) is 7.17. The molecule has 1 atom stereocenters. The molecule has 64 valence electrons. The van der Waals surface area contributed by atoms with Gasteiger partial charge in [-0.15, -0.1) is 0 Å². The number of nitrogens with one attached hydrogen (secondary N) is 1. The molecule has 0 aromatic heterocycles. The molecule has 2 N–H and O–H groups in total. The highest BCUT2D eigenvalue weighted by Gasteiger charge is 2.28. The molecule has 2 nitrogen and oxygen atoms in total. The van der Waals surface area contributed by atoms with E-state index in [1.165, 1.54) is 0 Å². The third-order valence-corrected chi connectivity index (χ3v) is 2.43. The van der Waals surface area contributed by atoms with Crippen molar-refractivity contribution in [1.82, 2.24) is 0 Å². The summed E-state index contributed by atoms with van der Waals surface area (Å²) in [5.74, 6) is 0. The lowest BCUT2D eigenvalue weighted by molar-refractivity contribution is 0.0488. The van der Waals surface area contributed by atoms with Crippen LogP contribution in [0.3, 0.4) is 0 Å². The highest BCUT2D eigenvalue weighted by Crippen LogP contribution is 2.33. The Hall–Kier alpha value is -1.02. The highest BCUT2D eigenvalue weighted by molar-refractivity contribution is 5.55. The topological polar surface area (TPSA) is 32.3 Å². The van der Waals surface area contributed by atoms with Crippen LogP contribution in [0.15, 0.2) is 24.3 Å². The molecule has 2 rings (SSSR count). The summed E-state index contributed by atoms with van der Waals surface area (Å²) in [6.07, 6.45) is 0.782. The van der Waals surface area contributed by atoms with Gasteiger partial charge in [0.15, 0.2) is 0 Å². The van der Waals surface area contributed by atoms with Gasteiger partial charge in [0.25, 0.3) is 0 Å². The Morgan fingerprint density at radius 2 is 2.17 bits per heavy atom. The molecule has 0 bridgehead atoms. The standard InChI is InChI=1S/C10H13NO/c1-10(12)6-7-11-9-5-3-2-4-8(9)10/h2-5,11-12H,6-7H2,1H3. The molecule has 0 amide bonds. The van der Waals surface area contributed by atoms with Gasteiger partial charge in [0.2, 0.25) is 0 Å². The van der Waals surface area contributed by atoms with Gasteiger partial charge in [-0.2, -0.15) is 0 Å². The van der Waals surface area contributed by atoms with Gasteiger partial charge < -0.3 is 10.4 Å². The van der Waals surface area contributed by atoms with Crippen molar-refractivity contribution in [2.24, 2.45) is 0 Å². The molecule has 1 heterocycles. The number of benzene rings is 1. The third-order valence-electron chi connectivity index (χ3n) is 2.43. The van der Waals surface area contributed by atoms with E-state index in [1.807, 2.05) is 31.2 Å². The van der Waals surface area contributed by atoms with Crippen LogP contribution in [-0.2, 0) is 5.60 Å². The van der Waals surface area contributed by atoms with E-state index in [1.54, 1.807) is 0 Å². The van der Waals surface area contributed by atoms with E-state index in [4.69, 9.17) is 0 Å². The van der Waals surface area contributed by atoms with Crippen LogP contribution in [0.25, 0.3) is 0 Å². The fraction of sp³-hybridized carbons (Fsp3) is 0.400. The first-order valence-electron chi connectivity index (χ1n) is 4.26. The Morgan fingerprint density at radius 3 is 2.92 bits per heavy atom. The van der Waals surface area contributed by atoms with Crippen LogP contribution in [0.2, 0.25) is 0 Å². The number of aliphatic hydroxyl groups is 1. The Balaban J connectivity index is 2.52.